The van der Waals surface area contributed by atoms with Gasteiger partial charge in [-0.25, -0.2) is 0 Å². The maximum atomic E-state index is 6.49. The van der Waals surface area contributed by atoms with Gasteiger partial charge in [-0.15, -0.1) is 0 Å². The topological polar surface area (TPSA) is 49.9 Å². The third-order valence-electron chi connectivity index (χ3n) is 0.500. The van der Waals surface area contributed by atoms with Crippen LogP contribution < -0.4 is 5.73 Å². The van der Waals surface area contributed by atoms with Crippen LogP contribution in [0.15, 0.2) is 11.8 Å². The van der Waals surface area contributed by atoms with Crippen LogP contribution in [0.2, 0.25) is 0 Å². The summed E-state index contributed by atoms with van der Waals surface area (Å²) in [6.07, 6.45) is 2.78. The van der Waals surface area contributed by atoms with Gasteiger partial charge < -0.3 is 11.1 Å². The van der Waals surface area contributed by atoms with E-state index in [0.29, 0.717) is 5.70 Å². The van der Waals surface area contributed by atoms with Crippen molar-refractivity contribution in [2.75, 3.05) is 0 Å². The van der Waals surface area contributed by atoms with E-state index in [1.54, 1.807) is 13.0 Å². The van der Waals surface area contributed by atoms with Gasteiger partial charge >= 0.3 is 0 Å². The second-order valence-corrected chi connectivity index (χ2v) is 0.933. The zero-order valence-corrected chi connectivity index (χ0v) is 3.73. The first-order valence-electron chi connectivity index (χ1n) is 1.73. The second kappa shape index (κ2) is 2.45. The summed E-state index contributed by atoms with van der Waals surface area (Å²) in [6, 6.07) is 0. The van der Waals surface area contributed by atoms with Crippen molar-refractivity contribution in [2.45, 2.75) is 6.92 Å². The summed E-state index contributed by atoms with van der Waals surface area (Å²) < 4.78 is 0. The molecular weight excluding hydrogens is 76.1 g/mol. The molecule has 2 nitrogen and oxygen atoms in total. The molecule has 0 amide bonds. The number of rotatable bonds is 1. The van der Waals surface area contributed by atoms with Gasteiger partial charge in [-0.05, 0) is 6.92 Å². The molecule has 6 heavy (non-hydrogen) atoms. The molecule has 0 saturated heterocycles. The first-order valence-corrected chi connectivity index (χ1v) is 1.73. The van der Waals surface area contributed by atoms with Gasteiger partial charge in [0, 0.05) is 11.9 Å². The minimum Gasteiger partial charge on any atom is -0.398 e. The first kappa shape index (κ1) is 5.21. The Hall–Kier alpha value is -0.790. The van der Waals surface area contributed by atoms with Crippen LogP contribution in [0.3, 0.4) is 0 Å². The van der Waals surface area contributed by atoms with E-state index < -0.39 is 0 Å². The quantitative estimate of drug-likeness (QED) is 0.446. The van der Waals surface area contributed by atoms with Gasteiger partial charge in [0.15, 0.2) is 0 Å². The summed E-state index contributed by atoms with van der Waals surface area (Å²) in [5, 5.41) is 6.49. The average molecular weight is 84.1 g/mol. The minimum atomic E-state index is 0.509. The van der Waals surface area contributed by atoms with Gasteiger partial charge in [-0.1, -0.05) is 6.08 Å². The molecule has 0 spiro atoms. The van der Waals surface area contributed by atoms with Crippen molar-refractivity contribution in [3.05, 3.63) is 11.8 Å². The van der Waals surface area contributed by atoms with Crippen molar-refractivity contribution < 1.29 is 0 Å². The molecule has 0 radical (unpaired) electrons. The maximum Gasteiger partial charge on any atom is 0.0449 e. The Morgan fingerprint density at radius 1 is 1.83 bits per heavy atom. The molecule has 3 N–H and O–H groups in total. The van der Waals surface area contributed by atoms with E-state index in [9.17, 15) is 0 Å². The van der Waals surface area contributed by atoms with E-state index in [-0.39, 0.29) is 0 Å². The largest absolute Gasteiger partial charge is 0.398 e. The zero-order valence-electron chi connectivity index (χ0n) is 3.73. The lowest BCUT2D eigenvalue weighted by molar-refractivity contribution is 1.42. The second-order valence-electron chi connectivity index (χ2n) is 0.933. The van der Waals surface area contributed by atoms with Crippen molar-refractivity contribution in [3.8, 4) is 0 Å². The third-order valence-corrected chi connectivity index (χ3v) is 0.500. The van der Waals surface area contributed by atoms with Crippen LogP contribution in [0, 0.1) is 5.41 Å². The van der Waals surface area contributed by atoms with Crippen LogP contribution >= 0.6 is 0 Å². The monoisotopic (exact) mass is 84.1 g/mol. The minimum absolute atomic E-state index is 0.509. The molecule has 0 aromatic heterocycles. The van der Waals surface area contributed by atoms with Crippen LogP contribution in [0.4, 0.5) is 0 Å². The molecule has 0 aromatic carbocycles. The number of hydrogen-bond donors (Lipinski definition) is 2. The van der Waals surface area contributed by atoms with Crippen LogP contribution in [-0.4, -0.2) is 6.21 Å². The van der Waals surface area contributed by atoms with Crippen molar-refractivity contribution in [3.63, 3.8) is 0 Å². The van der Waals surface area contributed by atoms with Crippen molar-refractivity contribution in [1.29, 1.82) is 5.41 Å². The molecule has 0 aliphatic carbocycles. The molecule has 0 aliphatic heterocycles. The maximum absolute atomic E-state index is 6.49. The molecule has 34 valence electrons. The number of allylic oxidation sites excluding steroid dienone is 2. The van der Waals surface area contributed by atoms with Gasteiger partial charge in [0.25, 0.3) is 0 Å². The molecule has 0 fully saturated rings. The first-order chi connectivity index (χ1) is 2.81. The highest BCUT2D eigenvalue weighted by atomic mass is 14.6. The summed E-state index contributed by atoms with van der Waals surface area (Å²) in [6.45, 7) is 1.79. The summed E-state index contributed by atoms with van der Waals surface area (Å²) in [5.41, 5.74) is 5.60. The average Bonchev–Trinajstić information content (AvgIpc) is 1.65. The number of nitrogens with one attached hydrogen (secondary N) is 1. The molecule has 0 rings (SSSR count). The van der Waals surface area contributed by atoms with E-state index in [0.717, 1.165) is 6.21 Å². The van der Waals surface area contributed by atoms with Gasteiger partial charge in [0.2, 0.25) is 0 Å². The van der Waals surface area contributed by atoms with Gasteiger partial charge in [0.05, 0.1) is 0 Å². The molecular formula is C4H8N2. The van der Waals surface area contributed by atoms with E-state index >= 15 is 0 Å². The normalized spacial score (nSPS) is 11.2. The molecule has 0 saturated carbocycles. The fourth-order valence-corrected chi connectivity index (χ4v) is 0.0833. The highest BCUT2D eigenvalue weighted by Crippen LogP contribution is 1.69. The van der Waals surface area contributed by atoms with Crippen LogP contribution in [0.25, 0.3) is 0 Å². The molecule has 0 aliphatic rings. The van der Waals surface area contributed by atoms with Gasteiger partial charge in [0.1, 0.15) is 0 Å². The number of hydrogen-bond acceptors (Lipinski definition) is 2. The summed E-state index contributed by atoms with van der Waals surface area (Å²) in [5.74, 6) is 0. The number of nitrogens with two attached hydrogens (primary N) is 1. The van der Waals surface area contributed by atoms with Gasteiger partial charge in [-0.2, -0.15) is 0 Å². The Morgan fingerprint density at radius 3 is 2.33 bits per heavy atom. The Balaban J connectivity index is 3.50. The molecule has 0 aromatic rings. The Morgan fingerprint density at radius 2 is 2.33 bits per heavy atom. The lowest BCUT2D eigenvalue weighted by atomic mass is 10.5. The van der Waals surface area contributed by atoms with Crippen molar-refractivity contribution in [1.82, 2.24) is 0 Å². The standard InChI is InChI=1S/C4H8N2/c1-2-4(6)3-5/h2-3,5H,6H2,1H3/b4-2+,5-3?. The predicted octanol–water partition coefficient (Wildman–Crippen LogP) is 0.498. The van der Waals surface area contributed by atoms with Gasteiger partial charge in [-0.3, -0.25) is 0 Å². The fourth-order valence-electron chi connectivity index (χ4n) is 0.0833. The predicted molar refractivity (Wildman–Crippen MR) is 26.7 cm³/mol. The Bertz CT molecular complexity index is 73.6. The lowest BCUT2D eigenvalue weighted by Crippen LogP contribution is -1.94. The third kappa shape index (κ3) is 1.52. The summed E-state index contributed by atoms with van der Waals surface area (Å²) in [7, 11) is 0. The Kier molecular flexibility index (Phi) is 2.13. The summed E-state index contributed by atoms with van der Waals surface area (Å²) in [4.78, 5) is 0. The fraction of sp³-hybridized carbons (Fsp3) is 0.250. The van der Waals surface area contributed by atoms with Crippen LogP contribution in [-0.2, 0) is 0 Å². The van der Waals surface area contributed by atoms with Crippen molar-refractivity contribution in [2.24, 2.45) is 5.73 Å². The molecule has 0 unspecified atom stereocenters. The van der Waals surface area contributed by atoms with Crippen molar-refractivity contribution >= 4 is 6.21 Å². The molecule has 0 heterocycles. The van der Waals surface area contributed by atoms with E-state index in [1.807, 2.05) is 0 Å². The highest BCUT2D eigenvalue weighted by molar-refractivity contribution is 5.73. The Labute approximate surface area is 37.2 Å². The summed E-state index contributed by atoms with van der Waals surface area (Å²) >= 11 is 0. The SMILES string of the molecule is C/C=C(/N)C=N. The van der Waals surface area contributed by atoms with E-state index in [4.69, 9.17) is 11.1 Å². The molecule has 2 heteroatoms. The molecule has 0 bridgehead atoms. The zero-order chi connectivity index (χ0) is 4.99. The van der Waals surface area contributed by atoms with E-state index in [1.165, 1.54) is 0 Å². The van der Waals surface area contributed by atoms with E-state index in [2.05, 4.69) is 0 Å². The van der Waals surface area contributed by atoms with Crippen LogP contribution in [0.1, 0.15) is 6.92 Å². The lowest BCUT2D eigenvalue weighted by Gasteiger charge is -1.78. The van der Waals surface area contributed by atoms with Crippen LogP contribution in [0.5, 0.6) is 0 Å². The molecule has 0 atom stereocenters. The highest BCUT2D eigenvalue weighted by Gasteiger charge is 1.68. The smallest absolute Gasteiger partial charge is 0.0449 e.